The van der Waals surface area contributed by atoms with Gasteiger partial charge < -0.3 is 14.6 Å². The Bertz CT molecular complexity index is 1270. The number of halogens is 1. The van der Waals surface area contributed by atoms with E-state index in [1.807, 2.05) is 43.7 Å². The molecule has 4 aromatic rings. The van der Waals surface area contributed by atoms with Crippen LogP contribution in [0, 0.1) is 0 Å². The second kappa shape index (κ2) is 9.11. The van der Waals surface area contributed by atoms with Crippen LogP contribution in [-0.2, 0) is 7.05 Å². The molecule has 33 heavy (non-hydrogen) atoms. The van der Waals surface area contributed by atoms with Gasteiger partial charge in [-0.25, -0.2) is 14.4 Å². The number of aromatic nitrogens is 4. The Balaban J connectivity index is 1.28. The summed E-state index contributed by atoms with van der Waals surface area (Å²) in [5.41, 5.74) is 2.28. The van der Waals surface area contributed by atoms with Gasteiger partial charge >= 0.3 is 0 Å². The van der Waals surface area contributed by atoms with Gasteiger partial charge in [0.1, 0.15) is 18.8 Å². The van der Waals surface area contributed by atoms with Crippen molar-refractivity contribution >= 4 is 22.5 Å². The maximum atomic E-state index is 12.7. The normalized spacial score (nSPS) is 15.2. The molecule has 1 saturated heterocycles. The molecule has 1 N–H and O–H groups in total. The van der Waals surface area contributed by atoms with Crippen LogP contribution in [0.2, 0.25) is 0 Å². The summed E-state index contributed by atoms with van der Waals surface area (Å²) in [6.07, 6.45) is 8.58. The van der Waals surface area contributed by atoms with Crippen LogP contribution in [0.25, 0.3) is 21.9 Å². The molecule has 1 amide bonds. The SMILES string of the molecule is Cn1cc(-c2ccc3cnc(NC(=O)c4coc(C5CCN(CCF)CC5)n4)cc3c2)cn1. The second-order valence-electron chi connectivity index (χ2n) is 8.36. The predicted molar refractivity (Wildman–Crippen MR) is 123 cm³/mol. The Morgan fingerprint density at radius 3 is 2.79 bits per heavy atom. The zero-order valence-corrected chi connectivity index (χ0v) is 18.4. The van der Waals surface area contributed by atoms with Crippen LogP contribution in [-0.4, -0.2) is 56.9 Å². The molecule has 4 heterocycles. The summed E-state index contributed by atoms with van der Waals surface area (Å²) >= 11 is 0. The highest BCUT2D eigenvalue weighted by molar-refractivity contribution is 6.03. The van der Waals surface area contributed by atoms with Crippen LogP contribution in [0.3, 0.4) is 0 Å². The molecule has 0 radical (unpaired) electrons. The molecule has 170 valence electrons. The molecule has 1 aromatic carbocycles. The van der Waals surface area contributed by atoms with E-state index in [2.05, 4.69) is 25.3 Å². The van der Waals surface area contributed by atoms with Gasteiger partial charge in [-0.2, -0.15) is 5.10 Å². The number of alkyl halides is 1. The Labute approximate surface area is 190 Å². The number of nitrogens with zero attached hydrogens (tertiary/aromatic N) is 5. The highest BCUT2D eigenvalue weighted by Crippen LogP contribution is 2.28. The lowest BCUT2D eigenvalue weighted by atomic mass is 9.97. The van der Waals surface area contributed by atoms with Crippen molar-refractivity contribution < 1.29 is 13.6 Å². The van der Waals surface area contributed by atoms with Crippen molar-refractivity contribution in [2.45, 2.75) is 18.8 Å². The van der Waals surface area contributed by atoms with Gasteiger partial charge in [-0.1, -0.05) is 12.1 Å². The van der Waals surface area contributed by atoms with Gasteiger partial charge in [-0.05, 0) is 49.0 Å². The molecule has 8 nitrogen and oxygen atoms in total. The second-order valence-corrected chi connectivity index (χ2v) is 8.36. The molecule has 0 atom stereocenters. The summed E-state index contributed by atoms with van der Waals surface area (Å²) in [7, 11) is 1.88. The van der Waals surface area contributed by atoms with Crippen molar-refractivity contribution in [1.82, 2.24) is 24.6 Å². The third kappa shape index (κ3) is 4.63. The number of likely N-dealkylation sites (tertiary alicyclic amines) is 1. The Morgan fingerprint density at radius 2 is 2.03 bits per heavy atom. The smallest absolute Gasteiger partial charge is 0.278 e. The number of amides is 1. The van der Waals surface area contributed by atoms with E-state index in [0.717, 1.165) is 47.8 Å². The van der Waals surface area contributed by atoms with Crippen molar-refractivity contribution in [3.8, 4) is 11.1 Å². The summed E-state index contributed by atoms with van der Waals surface area (Å²) in [5, 5.41) is 8.98. The number of oxazole rings is 1. The van der Waals surface area contributed by atoms with Crippen molar-refractivity contribution in [3.63, 3.8) is 0 Å². The number of rotatable bonds is 6. The molecule has 0 spiro atoms. The van der Waals surface area contributed by atoms with E-state index in [1.54, 1.807) is 10.9 Å². The molecule has 0 aliphatic carbocycles. The number of benzene rings is 1. The molecule has 0 saturated carbocycles. The van der Waals surface area contributed by atoms with Gasteiger partial charge in [-0.15, -0.1) is 0 Å². The quantitative estimate of drug-likeness (QED) is 0.479. The third-order valence-electron chi connectivity index (χ3n) is 6.09. The van der Waals surface area contributed by atoms with Gasteiger partial charge in [0.25, 0.3) is 5.91 Å². The Kier molecular flexibility index (Phi) is 5.87. The van der Waals surface area contributed by atoms with E-state index < -0.39 is 0 Å². The minimum atomic E-state index is -0.366. The van der Waals surface area contributed by atoms with Crippen molar-refractivity contribution in [2.24, 2.45) is 7.05 Å². The largest absolute Gasteiger partial charge is 0.448 e. The summed E-state index contributed by atoms with van der Waals surface area (Å²) in [6, 6.07) is 7.92. The maximum Gasteiger partial charge on any atom is 0.278 e. The number of hydrogen-bond donors (Lipinski definition) is 1. The van der Waals surface area contributed by atoms with Gasteiger partial charge in [0, 0.05) is 42.9 Å². The first kappa shape index (κ1) is 21.3. The predicted octanol–water partition coefficient (Wildman–Crippen LogP) is 4.02. The standard InChI is InChI=1S/C24H25FN6O2/c1-30-14-20(13-27-30)17-2-3-18-12-26-22(11-19(18)10-17)29-23(32)21-15-33-24(28-21)16-4-7-31(8-5-16)9-6-25/h2-3,10-16H,4-9H2,1H3,(H,26,29,32). The molecule has 1 aliphatic heterocycles. The number of carbonyl (C=O) groups excluding carboxylic acids is 1. The number of anilines is 1. The van der Waals surface area contributed by atoms with E-state index in [9.17, 15) is 9.18 Å². The first-order chi connectivity index (χ1) is 16.1. The van der Waals surface area contributed by atoms with Crippen LogP contribution in [0.4, 0.5) is 10.2 Å². The fourth-order valence-corrected chi connectivity index (χ4v) is 4.24. The molecular formula is C24H25FN6O2. The number of fused-ring (bicyclic) bond motifs is 1. The van der Waals surface area contributed by atoms with Gasteiger partial charge in [0.15, 0.2) is 11.6 Å². The highest BCUT2D eigenvalue weighted by atomic mass is 19.1. The topological polar surface area (TPSA) is 89.1 Å². The molecule has 1 fully saturated rings. The Hall–Kier alpha value is -3.59. The fraction of sp³-hybridized carbons (Fsp3) is 0.333. The highest BCUT2D eigenvalue weighted by Gasteiger charge is 2.25. The van der Waals surface area contributed by atoms with Crippen molar-refractivity contribution in [3.05, 3.63) is 60.7 Å². The Morgan fingerprint density at radius 1 is 1.18 bits per heavy atom. The van der Waals surface area contributed by atoms with Crippen molar-refractivity contribution in [2.75, 3.05) is 31.6 Å². The average molecular weight is 449 g/mol. The number of aryl methyl sites for hydroxylation is 1. The van der Waals surface area contributed by atoms with Crippen molar-refractivity contribution in [1.29, 1.82) is 0 Å². The number of hydrogen-bond acceptors (Lipinski definition) is 6. The minimum absolute atomic E-state index is 0.145. The van der Waals surface area contributed by atoms with E-state index in [-0.39, 0.29) is 24.2 Å². The summed E-state index contributed by atoms with van der Waals surface area (Å²) < 4.78 is 19.9. The number of nitrogens with one attached hydrogen (secondary N) is 1. The molecule has 1 aliphatic rings. The molecule has 0 bridgehead atoms. The average Bonchev–Trinajstić information content (AvgIpc) is 3.49. The van der Waals surface area contributed by atoms with E-state index in [1.165, 1.54) is 6.26 Å². The number of carbonyl (C=O) groups is 1. The van der Waals surface area contributed by atoms with Crippen LogP contribution in [0.15, 0.2) is 53.5 Å². The van der Waals surface area contributed by atoms with Crippen LogP contribution in [0.1, 0.15) is 35.1 Å². The zero-order valence-electron chi connectivity index (χ0n) is 18.4. The molecule has 9 heteroatoms. The minimum Gasteiger partial charge on any atom is -0.448 e. The molecule has 3 aromatic heterocycles. The van der Waals surface area contributed by atoms with Crippen LogP contribution in [0.5, 0.6) is 0 Å². The van der Waals surface area contributed by atoms with E-state index in [0.29, 0.717) is 18.3 Å². The summed E-state index contributed by atoms with van der Waals surface area (Å²) in [5.74, 6) is 0.787. The molecule has 5 rings (SSSR count). The fourth-order valence-electron chi connectivity index (χ4n) is 4.24. The zero-order chi connectivity index (χ0) is 22.8. The first-order valence-corrected chi connectivity index (χ1v) is 11.0. The molecule has 0 unspecified atom stereocenters. The number of pyridine rings is 1. The molecular weight excluding hydrogens is 423 g/mol. The third-order valence-corrected chi connectivity index (χ3v) is 6.09. The summed E-state index contributed by atoms with van der Waals surface area (Å²) in [4.78, 5) is 23.6. The maximum absolute atomic E-state index is 12.7. The monoisotopic (exact) mass is 448 g/mol. The van der Waals surface area contributed by atoms with Gasteiger partial charge in [0.05, 0.1) is 6.20 Å². The first-order valence-electron chi connectivity index (χ1n) is 11.0. The lowest BCUT2D eigenvalue weighted by Crippen LogP contribution is -2.34. The van der Waals surface area contributed by atoms with Gasteiger partial charge in [-0.3, -0.25) is 9.48 Å². The van der Waals surface area contributed by atoms with E-state index in [4.69, 9.17) is 4.42 Å². The van der Waals surface area contributed by atoms with Crippen LogP contribution >= 0.6 is 0 Å². The lowest BCUT2D eigenvalue weighted by molar-refractivity contribution is 0.102. The van der Waals surface area contributed by atoms with Crippen LogP contribution < -0.4 is 5.32 Å². The van der Waals surface area contributed by atoms with Gasteiger partial charge in [0.2, 0.25) is 0 Å². The number of piperidine rings is 1. The van der Waals surface area contributed by atoms with E-state index >= 15 is 0 Å². The lowest BCUT2D eigenvalue weighted by Gasteiger charge is -2.29. The summed E-state index contributed by atoms with van der Waals surface area (Å²) in [6.45, 7) is 1.75.